The molecule has 5 rings (SSSR count). The van der Waals surface area contributed by atoms with Crippen molar-refractivity contribution in [2.45, 2.75) is 43.9 Å². The summed E-state index contributed by atoms with van der Waals surface area (Å²) in [5.41, 5.74) is -0.311. The van der Waals surface area contributed by atoms with Crippen LogP contribution in [0.3, 0.4) is 0 Å². The molecule has 1 atom stereocenters. The molecule has 2 aliphatic rings. The molecule has 2 aliphatic heterocycles. The molecule has 8 nitrogen and oxygen atoms in total. The number of rotatable bonds is 7. The summed E-state index contributed by atoms with van der Waals surface area (Å²) < 4.78 is 18.4. The zero-order chi connectivity index (χ0) is 27.7. The van der Waals surface area contributed by atoms with E-state index in [1.54, 1.807) is 11.0 Å². The maximum Gasteiger partial charge on any atom is 0.416 e. The van der Waals surface area contributed by atoms with Gasteiger partial charge in [-0.3, -0.25) is 0 Å². The van der Waals surface area contributed by atoms with E-state index in [1.165, 1.54) is 0 Å². The summed E-state index contributed by atoms with van der Waals surface area (Å²) in [6.07, 6.45) is -0.515. The van der Waals surface area contributed by atoms with Crippen LogP contribution in [0.1, 0.15) is 38.8 Å². The van der Waals surface area contributed by atoms with Crippen LogP contribution in [0.5, 0.6) is 0 Å². The molecule has 3 heterocycles. The molecule has 0 saturated carbocycles. The molecule has 2 radical (unpaired) electrons. The monoisotopic (exact) mass is 564 g/mol. The second kappa shape index (κ2) is 10.9. The van der Waals surface area contributed by atoms with E-state index in [4.69, 9.17) is 30.5 Å². The van der Waals surface area contributed by atoms with Gasteiger partial charge < -0.3 is 18.8 Å². The Balaban J connectivity index is 1.72. The smallest absolute Gasteiger partial charge is 0.416 e. The summed E-state index contributed by atoms with van der Waals surface area (Å²) in [4.78, 5) is 26.5. The molecule has 39 heavy (non-hydrogen) atoms. The SMILES string of the molecule is CC(C)(C)[Si]OC(c1ccccc1)(c1ccccc1)C1(C)COC(=O)N1c1cc(Cl)nc(N2CCOCC2)n1. The van der Waals surface area contributed by atoms with E-state index in [0.29, 0.717) is 38.1 Å². The quantitative estimate of drug-likeness (QED) is 0.278. The highest BCUT2D eigenvalue weighted by molar-refractivity contribution is 6.32. The summed E-state index contributed by atoms with van der Waals surface area (Å²) in [5, 5.41) is 0.118. The highest BCUT2D eigenvalue weighted by Gasteiger charge is 2.62. The lowest BCUT2D eigenvalue weighted by Crippen LogP contribution is -2.63. The van der Waals surface area contributed by atoms with E-state index in [-0.39, 0.29) is 26.6 Å². The molecule has 1 amide bonds. The van der Waals surface area contributed by atoms with E-state index in [0.717, 1.165) is 11.1 Å². The van der Waals surface area contributed by atoms with Crippen LogP contribution in [0.25, 0.3) is 0 Å². The molecule has 0 spiro atoms. The third-order valence-corrected chi connectivity index (χ3v) is 8.19. The molecule has 2 aromatic carbocycles. The van der Waals surface area contributed by atoms with Gasteiger partial charge >= 0.3 is 6.09 Å². The first-order valence-corrected chi connectivity index (χ1v) is 14.3. The molecule has 3 aromatic rings. The Morgan fingerprint density at radius 2 is 1.56 bits per heavy atom. The second-order valence-electron chi connectivity index (χ2n) is 11.0. The van der Waals surface area contributed by atoms with Crippen LogP contribution in [-0.2, 0) is 19.5 Å². The van der Waals surface area contributed by atoms with Crippen molar-refractivity contribution in [2.24, 2.45) is 0 Å². The molecular formula is C29H33ClN4O4Si. The minimum Gasteiger partial charge on any atom is -0.446 e. The topological polar surface area (TPSA) is 77.0 Å². The van der Waals surface area contributed by atoms with Crippen LogP contribution < -0.4 is 9.80 Å². The molecule has 0 bridgehead atoms. The van der Waals surface area contributed by atoms with Crippen LogP contribution in [0.15, 0.2) is 66.7 Å². The first-order chi connectivity index (χ1) is 18.6. The predicted molar refractivity (Wildman–Crippen MR) is 153 cm³/mol. The fraction of sp³-hybridized carbons (Fsp3) is 0.414. The molecule has 204 valence electrons. The van der Waals surface area contributed by atoms with Gasteiger partial charge in [-0.1, -0.05) is 93.0 Å². The van der Waals surface area contributed by atoms with Gasteiger partial charge in [0.1, 0.15) is 28.7 Å². The Hall–Kier alpha value is -2.98. The van der Waals surface area contributed by atoms with Crippen molar-refractivity contribution in [1.82, 2.24) is 9.97 Å². The number of carbonyl (C=O) groups is 1. The standard InChI is InChI=1S/C29H33ClN4O4Si/c1-27(2,3)39-38-29(21-11-7-5-8-12-21,22-13-9-6-10-14-22)28(4)20-37-26(35)34(28)24-19-23(30)31-25(32-24)33-15-17-36-18-16-33/h5-14,19H,15-18,20H2,1-4H3. The van der Waals surface area contributed by atoms with Crippen molar-refractivity contribution in [2.75, 3.05) is 42.7 Å². The minimum absolute atomic E-state index is 0.0821. The van der Waals surface area contributed by atoms with E-state index in [1.807, 2.05) is 72.5 Å². The lowest BCUT2D eigenvalue weighted by Gasteiger charge is -2.50. The fourth-order valence-electron chi connectivity index (χ4n) is 5.14. The van der Waals surface area contributed by atoms with Crippen molar-refractivity contribution in [3.05, 3.63) is 83.0 Å². The number of nitrogens with zero attached hydrogens (tertiary/aromatic N) is 4. The number of anilines is 2. The van der Waals surface area contributed by atoms with Gasteiger partial charge in [0.05, 0.1) is 13.2 Å². The number of hydrogen-bond acceptors (Lipinski definition) is 7. The van der Waals surface area contributed by atoms with Crippen molar-refractivity contribution >= 4 is 39.2 Å². The van der Waals surface area contributed by atoms with Crippen molar-refractivity contribution in [3.63, 3.8) is 0 Å². The Morgan fingerprint density at radius 1 is 0.974 bits per heavy atom. The highest BCUT2D eigenvalue weighted by atomic mass is 35.5. The van der Waals surface area contributed by atoms with E-state index in [9.17, 15) is 4.79 Å². The zero-order valence-electron chi connectivity index (χ0n) is 22.7. The van der Waals surface area contributed by atoms with Crippen molar-refractivity contribution in [3.8, 4) is 0 Å². The number of hydrogen-bond donors (Lipinski definition) is 0. The molecule has 2 fully saturated rings. The summed E-state index contributed by atoms with van der Waals surface area (Å²) in [6, 6.07) is 21.7. The number of ether oxygens (including phenoxy) is 2. The van der Waals surface area contributed by atoms with Gasteiger partial charge in [0, 0.05) is 19.2 Å². The number of carbonyl (C=O) groups excluding carboxylic acids is 1. The van der Waals surface area contributed by atoms with Gasteiger partial charge in [-0.2, -0.15) is 4.98 Å². The molecular weight excluding hydrogens is 532 g/mol. The fourth-order valence-corrected chi connectivity index (χ4v) is 6.23. The number of morpholine rings is 1. The van der Waals surface area contributed by atoms with Crippen molar-refractivity contribution in [1.29, 1.82) is 0 Å². The lowest BCUT2D eigenvalue weighted by molar-refractivity contribution is 0.0225. The van der Waals surface area contributed by atoms with Crippen LogP contribution >= 0.6 is 11.6 Å². The zero-order valence-corrected chi connectivity index (χ0v) is 24.4. The molecule has 1 unspecified atom stereocenters. The number of aromatic nitrogens is 2. The Morgan fingerprint density at radius 3 is 2.13 bits per heavy atom. The molecule has 0 aliphatic carbocycles. The van der Waals surface area contributed by atoms with Crippen LogP contribution in [0, 0.1) is 0 Å². The third-order valence-electron chi connectivity index (χ3n) is 6.97. The summed E-state index contributed by atoms with van der Waals surface area (Å²) >= 11 is 6.54. The van der Waals surface area contributed by atoms with E-state index >= 15 is 0 Å². The van der Waals surface area contributed by atoms with Gasteiger partial charge in [-0.15, -0.1) is 0 Å². The van der Waals surface area contributed by atoms with Gasteiger partial charge in [-0.05, 0) is 23.1 Å². The lowest BCUT2D eigenvalue weighted by atomic mass is 9.71. The summed E-state index contributed by atoms with van der Waals surface area (Å²) in [7, 11) is 0.115. The van der Waals surface area contributed by atoms with Crippen molar-refractivity contribution < 1.29 is 18.7 Å². The first-order valence-electron chi connectivity index (χ1n) is 13.0. The third kappa shape index (κ3) is 5.28. The maximum atomic E-state index is 13.6. The second-order valence-corrected chi connectivity index (χ2v) is 13.3. The van der Waals surface area contributed by atoms with Crippen LogP contribution in [0.2, 0.25) is 10.2 Å². The average molecular weight is 565 g/mol. The minimum atomic E-state index is -1.09. The maximum absolute atomic E-state index is 13.6. The Bertz CT molecular complexity index is 1260. The van der Waals surface area contributed by atoms with Crippen LogP contribution in [-0.4, -0.2) is 64.3 Å². The first kappa shape index (κ1) is 27.6. The average Bonchev–Trinajstić information content (AvgIpc) is 3.24. The molecule has 1 aromatic heterocycles. The van der Waals surface area contributed by atoms with E-state index in [2.05, 4.69) is 25.8 Å². The molecule has 0 N–H and O–H groups in total. The normalized spacial score (nSPS) is 20.3. The number of benzene rings is 2. The largest absolute Gasteiger partial charge is 0.446 e. The number of cyclic esters (lactones) is 1. The Labute approximate surface area is 237 Å². The van der Waals surface area contributed by atoms with Crippen LogP contribution in [0.4, 0.5) is 16.6 Å². The van der Waals surface area contributed by atoms with Gasteiger partial charge in [0.2, 0.25) is 15.7 Å². The Kier molecular flexibility index (Phi) is 7.70. The highest BCUT2D eigenvalue weighted by Crippen LogP contribution is 2.50. The number of halogens is 1. The summed E-state index contributed by atoms with van der Waals surface area (Å²) in [6.45, 7) is 10.9. The molecule has 10 heteroatoms. The van der Waals surface area contributed by atoms with Gasteiger partial charge in [0.15, 0.2) is 0 Å². The van der Waals surface area contributed by atoms with Gasteiger partial charge in [-0.25, -0.2) is 14.7 Å². The number of amides is 1. The summed E-state index contributed by atoms with van der Waals surface area (Å²) in [5.74, 6) is 0.811. The van der Waals surface area contributed by atoms with E-state index < -0.39 is 17.2 Å². The predicted octanol–water partition coefficient (Wildman–Crippen LogP) is 5.48. The van der Waals surface area contributed by atoms with Gasteiger partial charge in [0.25, 0.3) is 0 Å². The molecule has 2 saturated heterocycles.